The standard InChI is InChI=1S/C13H16N2/c14-11-13-7-4-9-15(13)10-8-12-5-2-1-3-6-12/h1-7,9H,8,10-11,14H2. The monoisotopic (exact) mass is 200 g/mol. The van der Waals surface area contributed by atoms with Crippen LogP contribution in [-0.2, 0) is 19.5 Å². The normalized spacial score (nSPS) is 10.5. The predicted molar refractivity (Wildman–Crippen MR) is 62.5 cm³/mol. The summed E-state index contributed by atoms with van der Waals surface area (Å²) in [6.45, 7) is 1.62. The van der Waals surface area contributed by atoms with Crippen molar-refractivity contribution in [2.24, 2.45) is 5.73 Å². The highest BCUT2D eigenvalue weighted by Crippen LogP contribution is 2.05. The van der Waals surface area contributed by atoms with Crippen molar-refractivity contribution in [2.45, 2.75) is 19.5 Å². The van der Waals surface area contributed by atoms with Gasteiger partial charge in [-0.05, 0) is 24.1 Å². The van der Waals surface area contributed by atoms with Gasteiger partial charge in [0.2, 0.25) is 0 Å². The number of aromatic nitrogens is 1. The van der Waals surface area contributed by atoms with E-state index in [-0.39, 0.29) is 0 Å². The molecule has 15 heavy (non-hydrogen) atoms. The molecular formula is C13H16N2. The fraction of sp³-hybridized carbons (Fsp3) is 0.231. The van der Waals surface area contributed by atoms with Gasteiger partial charge in [0.05, 0.1) is 0 Å². The Bertz CT molecular complexity index is 403. The summed E-state index contributed by atoms with van der Waals surface area (Å²) in [4.78, 5) is 0. The van der Waals surface area contributed by atoms with Crippen molar-refractivity contribution in [3.63, 3.8) is 0 Å². The number of aryl methyl sites for hydroxylation is 2. The van der Waals surface area contributed by atoms with Gasteiger partial charge in [-0.2, -0.15) is 0 Å². The van der Waals surface area contributed by atoms with Gasteiger partial charge in [-0.15, -0.1) is 0 Å². The van der Waals surface area contributed by atoms with E-state index in [2.05, 4.69) is 41.1 Å². The summed E-state index contributed by atoms with van der Waals surface area (Å²) in [5, 5.41) is 0. The van der Waals surface area contributed by atoms with Crippen LogP contribution in [0, 0.1) is 0 Å². The Morgan fingerprint density at radius 3 is 2.53 bits per heavy atom. The highest BCUT2D eigenvalue weighted by atomic mass is 15.0. The molecule has 2 N–H and O–H groups in total. The van der Waals surface area contributed by atoms with E-state index in [9.17, 15) is 0 Å². The van der Waals surface area contributed by atoms with Crippen molar-refractivity contribution < 1.29 is 0 Å². The fourth-order valence-corrected chi connectivity index (χ4v) is 1.75. The molecule has 2 nitrogen and oxygen atoms in total. The van der Waals surface area contributed by atoms with Gasteiger partial charge >= 0.3 is 0 Å². The van der Waals surface area contributed by atoms with Crippen LogP contribution in [0.1, 0.15) is 11.3 Å². The molecule has 0 saturated heterocycles. The summed E-state index contributed by atoms with van der Waals surface area (Å²) < 4.78 is 2.22. The molecule has 0 aliphatic carbocycles. The second-order valence-electron chi connectivity index (χ2n) is 3.63. The zero-order valence-electron chi connectivity index (χ0n) is 8.76. The first-order valence-electron chi connectivity index (χ1n) is 5.28. The minimum absolute atomic E-state index is 0.613. The molecule has 1 heterocycles. The minimum atomic E-state index is 0.613. The topological polar surface area (TPSA) is 30.9 Å². The number of nitrogens with two attached hydrogens (primary N) is 1. The number of hydrogen-bond donors (Lipinski definition) is 1. The third kappa shape index (κ3) is 2.48. The summed E-state index contributed by atoms with van der Waals surface area (Å²) in [5.41, 5.74) is 8.21. The number of nitrogens with zero attached hydrogens (tertiary/aromatic N) is 1. The second kappa shape index (κ2) is 4.80. The van der Waals surface area contributed by atoms with Crippen LogP contribution in [0.15, 0.2) is 48.7 Å². The van der Waals surface area contributed by atoms with E-state index in [4.69, 9.17) is 5.73 Å². The van der Waals surface area contributed by atoms with Gasteiger partial charge in [-0.1, -0.05) is 30.3 Å². The zero-order chi connectivity index (χ0) is 10.5. The van der Waals surface area contributed by atoms with E-state index in [0.29, 0.717) is 6.54 Å². The van der Waals surface area contributed by atoms with Crippen LogP contribution >= 0.6 is 0 Å². The molecule has 2 rings (SSSR count). The maximum absolute atomic E-state index is 5.64. The van der Waals surface area contributed by atoms with Crippen molar-refractivity contribution in [1.29, 1.82) is 0 Å². The van der Waals surface area contributed by atoms with Crippen LogP contribution in [0.2, 0.25) is 0 Å². The molecule has 2 aromatic rings. The average molecular weight is 200 g/mol. The first-order valence-corrected chi connectivity index (χ1v) is 5.28. The van der Waals surface area contributed by atoms with E-state index in [0.717, 1.165) is 13.0 Å². The Kier molecular flexibility index (Phi) is 3.20. The van der Waals surface area contributed by atoms with Gasteiger partial charge in [0.1, 0.15) is 0 Å². The van der Waals surface area contributed by atoms with Crippen molar-refractivity contribution >= 4 is 0 Å². The van der Waals surface area contributed by atoms with Gasteiger partial charge in [0.25, 0.3) is 0 Å². The SMILES string of the molecule is NCc1cccn1CCc1ccccc1. The van der Waals surface area contributed by atoms with Crippen molar-refractivity contribution in [3.8, 4) is 0 Å². The summed E-state index contributed by atoms with van der Waals surface area (Å²) in [6, 6.07) is 14.6. The van der Waals surface area contributed by atoms with Crippen molar-refractivity contribution in [1.82, 2.24) is 4.57 Å². The largest absolute Gasteiger partial charge is 0.350 e. The predicted octanol–water partition coefficient (Wildman–Crippen LogP) is 2.19. The molecule has 0 spiro atoms. The molecule has 0 saturated carbocycles. The van der Waals surface area contributed by atoms with E-state index in [1.807, 2.05) is 12.1 Å². The van der Waals surface area contributed by atoms with E-state index >= 15 is 0 Å². The smallest absolute Gasteiger partial charge is 0.0334 e. The molecule has 78 valence electrons. The van der Waals surface area contributed by atoms with Crippen LogP contribution < -0.4 is 5.73 Å². The number of hydrogen-bond acceptors (Lipinski definition) is 1. The van der Waals surface area contributed by atoms with Gasteiger partial charge in [0, 0.05) is 25.0 Å². The first kappa shape index (κ1) is 9.99. The first-order chi connectivity index (χ1) is 7.40. The summed E-state index contributed by atoms with van der Waals surface area (Å²) in [6.07, 6.45) is 3.15. The van der Waals surface area contributed by atoms with Crippen molar-refractivity contribution in [3.05, 3.63) is 59.9 Å². The van der Waals surface area contributed by atoms with Gasteiger partial charge < -0.3 is 10.3 Å². The van der Waals surface area contributed by atoms with Gasteiger partial charge in [0.15, 0.2) is 0 Å². The Balaban J connectivity index is 1.99. The molecule has 0 atom stereocenters. The molecule has 2 heteroatoms. The van der Waals surface area contributed by atoms with E-state index < -0.39 is 0 Å². The Labute approximate surface area is 90.3 Å². The number of benzene rings is 1. The Morgan fingerprint density at radius 2 is 1.80 bits per heavy atom. The lowest BCUT2D eigenvalue weighted by molar-refractivity contribution is 0.664. The highest BCUT2D eigenvalue weighted by molar-refractivity contribution is 5.15. The van der Waals surface area contributed by atoms with Crippen LogP contribution in [0.25, 0.3) is 0 Å². The third-order valence-electron chi connectivity index (χ3n) is 2.62. The molecule has 0 aliphatic rings. The maximum Gasteiger partial charge on any atom is 0.0334 e. The summed E-state index contributed by atoms with van der Waals surface area (Å²) in [5.74, 6) is 0. The number of rotatable bonds is 4. The molecule has 0 bridgehead atoms. The molecular weight excluding hydrogens is 184 g/mol. The summed E-state index contributed by atoms with van der Waals surface area (Å²) in [7, 11) is 0. The van der Waals surface area contributed by atoms with Crippen LogP contribution in [-0.4, -0.2) is 4.57 Å². The Morgan fingerprint density at radius 1 is 1.00 bits per heavy atom. The molecule has 0 fully saturated rings. The van der Waals surface area contributed by atoms with Crippen LogP contribution in [0.5, 0.6) is 0 Å². The molecule has 0 unspecified atom stereocenters. The second-order valence-corrected chi connectivity index (χ2v) is 3.63. The lowest BCUT2D eigenvalue weighted by atomic mass is 10.1. The van der Waals surface area contributed by atoms with Crippen LogP contribution in [0.3, 0.4) is 0 Å². The van der Waals surface area contributed by atoms with Gasteiger partial charge in [-0.3, -0.25) is 0 Å². The molecule has 0 amide bonds. The van der Waals surface area contributed by atoms with Crippen LogP contribution in [0.4, 0.5) is 0 Å². The van der Waals surface area contributed by atoms with E-state index in [1.165, 1.54) is 11.3 Å². The highest BCUT2D eigenvalue weighted by Gasteiger charge is 1.98. The molecule has 0 aliphatic heterocycles. The average Bonchev–Trinajstić information content (AvgIpc) is 2.75. The lowest BCUT2D eigenvalue weighted by Gasteiger charge is -2.07. The zero-order valence-corrected chi connectivity index (χ0v) is 8.76. The third-order valence-corrected chi connectivity index (χ3v) is 2.62. The molecule has 0 radical (unpaired) electrons. The maximum atomic E-state index is 5.64. The molecule has 1 aromatic carbocycles. The quantitative estimate of drug-likeness (QED) is 0.805. The van der Waals surface area contributed by atoms with Crippen molar-refractivity contribution in [2.75, 3.05) is 0 Å². The van der Waals surface area contributed by atoms with Gasteiger partial charge in [-0.25, -0.2) is 0 Å². The fourth-order valence-electron chi connectivity index (χ4n) is 1.75. The molecule has 1 aromatic heterocycles. The lowest BCUT2D eigenvalue weighted by Crippen LogP contribution is -2.08. The Hall–Kier alpha value is -1.54. The minimum Gasteiger partial charge on any atom is -0.350 e. The van der Waals surface area contributed by atoms with E-state index in [1.54, 1.807) is 0 Å². The summed E-state index contributed by atoms with van der Waals surface area (Å²) >= 11 is 0.